The Hall–Kier alpha value is -0.820. The Labute approximate surface area is 186 Å². The van der Waals surface area contributed by atoms with E-state index >= 15 is 0 Å². The van der Waals surface area contributed by atoms with Crippen LogP contribution in [-0.2, 0) is 11.2 Å². The van der Waals surface area contributed by atoms with Gasteiger partial charge in [-0.05, 0) is 50.3 Å². The number of hydrogen-bond acceptors (Lipinski definition) is 1. The van der Waals surface area contributed by atoms with E-state index in [0.29, 0.717) is 11.7 Å². The molecule has 166 valence electrons. The molecular formula is C27H45ClO. The normalized spacial score (nSPS) is 12.2. The predicted octanol–water partition coefficient (Wildman–Crippen LogP) is 9.35. The minimum Gasteiger partial charge on any atom is -0.300 e. The zero-order valence-corrected chi connectivity index (χ0v) is 19.9. The molecule has 0 aliphatic heterocycles. The molecule has 0 fully saturated rings. The zero-order valence-electron chi connectivity index (χ0n) is 19.2. The first-order valence-electron chi connectivity index (χ1n) is 12.4. The zero-order chi connectivity index (χ0) is 21.2. The van der Waals surface area contributed by atoms with Gasteiger partial charge in [-0.2, -0.15) is 0 Å². The van der Waals surface area contributed by atoms with Crippen LogP contribution in [0.1, 0.15) is 122 Å². The number of benzene rings is 1. The van der Waals surface area contributed by atoms with Crippen molar-refractivity contribution in [2.45, 2.75) is 123 Å². The Kier molecular flexibility index (Phi) is 16.3. The molecule has 0 amide bonds. The largest absolute Gasteiger partial charge is 0.300 e. The molecule has 0 saturated heterocycles. The molecule has 0 saturated carbocycles. The Bertz CT molecular complexity index is 508. The van der Waals surface area contributed by atoms with Crippen molar-refractivity contribution >= 4 is 17.4 Å². The average Bonchev–Trinajstić information content (AvgIpc) is 2.71. The lowest BCUT2D eigenvalue weighted by molar-refractivity contribution is -0.121. The van der Waals surface area contributed by atoms with E-state index in [1.54, 1.807) is 6.92 Å². The van der Waals surface area contributed by atoms with Crippen molar-refractivity contribution in [3.05, 3.63) is 34.9 Å². The van der Waals surface area contributed by atoms with Crippen LogP contribution in [0.4, 0.5) is 0 Å². The third-order valence-electron chi connectivity index (χ3n) is 6.16. The van der Waals surface area contributed by atoms with Crippen molar-refractivity contribution < 1.29 is 4.79 Å². The number of halogens is 1. The fourth-order valence-corrected chi connectivity index (χ4v) is 4.28. The lowest BCUT2D eigenvalue weighted by atomic mass is 9.91. The molecule has 2 heteroatoms. The maximum atomic E-state index is 11.8. The molecular weight excluding hydrogens is 376 g/mol. The fourth-order valence-electron chi connectivity index (χ4n) is 4.15. The Balaban J connectivity index is 1.85. The standard InChI is InChI=1S/C27H45ClO/c1-3-4-14-18-26(24(2)29)19-16-13-11-9-7-5-6-8-10-12-15-17-25-20-22-27(28)23-21-25/h20-23,26H,3-19H2,1-2H3. The van der Waals surface area contributed by atoms with Crippen molar-refractivity contribution in [2.24, 2.45) is 5.92 Å². The molecule has 0 aliphatic rings. The number of ketones is 1. The van der Waals surface area contributed by atoms with E-state index in [-0.39, 0.29) is 0 Å². The Morgan fingerprint density at radius 2 is 1.17 bits per heavy atom. The first kappa shape index (κ1) is 26.2. The fraction of sp³-hybridized carbons (Fsp3) is 0.741. The van der Waals surface area contributed by atoms with Gasteiger partial charge < -0.3 is 0 Å². The van der Waals surface area contributed by atoms with E-state index < -0.39 is 0 Å². The summed E-state index contributed by atoms with van der Waals surface area (Å²) in [6.07, 6.45) is 22.0. The molecule has 0 radical (unpaired) electrons. The van der Waals surface area contributed by atoms with Gasteiger partial charge >= 0.3 is 0 Å². The van der Waals surface area contributed by atoms with E-state index in [1.807, 2.05) is 12.1 Å². The second-order valence-corrected chi connectivity index (χ2v) is 9.29. The SMILES string of the molecule is CCCCCC(CCCCCCCCCCCCCc1ccc(Cl)cc1)C(C)=O. The second-order valence-electron chi connectivity index (χ2n) is 8.86. The number of Topliss-reactive ketones (excluding diaryl/α,β-unsaturated/α-hetero) is 1. The number of carbonyl (C=O) groups excluding carboxylic acids is 1. The van der Waals surface area contributed by atoms with Crippen molar-refractivity contribution in [3.8, 4) is 0 Å². The second kappa shape index (κ2) is 18.0. The van der Waals surface area contributed by atoms with Crippen LogP contribution in [0.15, 0.2) is 24.3 Å². The van der Waals surface area contributed by atoms with Gasteiger partial charge in [-0.3, -0.25) is 4.79 Å². The molecule has 1 aromatic rings. The maximum absolute atomic E-state index is 11.8. The summed E-state index contributed by atoms with van der Waals surface area (Å²) in [5.74, 6) is 0.746. The van der Waals surface area contributed by atoms with Gasteiger partial charge in [-0.1, -0.05) is 114 Å². The van der Waals surface area contributed by atoms with Gasteiger partial charge in [0.2, 0.25) is 0 Å². The smallest absolute Gasteiger partial charge is 0.132 e. The highest BCUT2D eigenvalue weighted by molar-refractivity contribution is 6.30. The molecule has 1 rings (SSSR count). The molecule has 1 aromatic carbocycles. The quantitative estimate of drug-likeness (QED) is 0.204. The summed E-state index contributed by atoms with van der Waals surface area (Å²) in [6, 6.07) is 8.28. The topological polar surface area (TPSA) is 17.1 Å². The summed E-state index contributed by atoms with van der Waals surface area (Å²) in [4.78, 5) is 11.8. The van der Waals surface area contributed by atoms with Crippen LogP contribution < -0.4 is 0 Å². The number of unbranched alkanes of at least 4 members (excludes halogenated alkanes) is 12. The van der Waals surface area contributed by atoms with Gasteiger partial charge in [0.05, 0.1) is 0 Å². The molecule has 29 heavy (non-hydrogen) atoms. The molecule has 0 aliphatic carbocycles. The molecule has 1 nitrogen and oxygen atoms in total. The van der Waals surface area contributed by atoms with E-state index in [4.69, 9.17) is 11.6 Å². The van der Waals surface area contributed by atoms with Crippen molar-refractivity contribution in [2.75, 3.05) is 0 Å². The van der Waals surface area contributed by atoms with E-state index in [1.165, 1.54) is 102 Å². The van der Waals surface area contributed by atoms with Gasteiger partial charge in [0, 0.05) is 10.9 Å². The minimum atomic E-state index is 0.334. The Morgan fingerprint density at radius 1 is 0.724 bits per heavy atom. The van der Waals surface area contributed by atoms with Crippen LogP contribution in [0.3, 0.4) is 0 Å². The highest BCUT2D eigenvalue weighted by Gasteiger charge is 2.12. The van der Waals surface area contributed by atoms with E-state index in [0.717, 1.165) is 17.9 Å². The third kappa shape index (κ3) is 14.8. The minimum absolute atomic E-state index is 0.334. The first-order chi connectivity index (χ1) is 14.1. The number of carbonyl (C=O) groups is 1. The lowest BCUT2D eigenvalue weighted by Crippen LogP contribution is -2.10. The van der Waals surface area contributed by atoms with Crippen LogP contribution in [-0.4, -0.2) is 5.78 Å². The monoisotopic (exact) mass is 420 g/mol. The summed E-state index contributed by atoms with van der Waals surface area (Å²) in [5.41, 5.74) is 1.41. The third-order valence-corrected chi connectivity index (χ3v) is 6.41. The maximum Gasteiger partial charge on any atom is 0.132 e. The van der Waals surface area contributed by atoms with Gasteiger partial charge in [0.1, 0.15) is 5.78 Å². The highest BCUT2D eigenvalue weighted by Crippen LogP contribution is 2.20. The Morgan fingerprint density at radius 3 is 1.66 bits per heavy atom. The predicted molar refractivity (Wildman–Crippen MR) is 129 cm³/mol. The van der Waals surface area contributed by atoms with Crippen LogP contribution in [0.5, 0.6) is 0 Å². The van der Waals surface area contributed by atoms with Crippen LogP contribution in [0, 0.1) is 5.92 Å². The van der Waals surface area contributed by atoms with Crippen molar-refractivity contribution in [3.63, 3.8) is 0 Å². The number of hydrogen-bond donors (Lipinski definition) is 0. The van der Waals surface area contributed by atoms with Crippen LogP contribution in [0.25, 0.3) is 0 Å². The summed E-state index contributed by atoms with van der Waals surface area (Å²) in [5, 5.41) is 0.830. The van der Waals surface area contributed by atoms with Crippen LogP contribution >= 0.6 is 11.6 Å². The van der Waals surface area contributed by atoms with Crippen molar-refractivity contribution in [1.82, 2.24) is 0 Å². The van der Waals surface area contributed by atoms with Gasteiger partial charge in [-0.25, -0.2) is 0 Å². The van der Waals surface area contributed by atoms with Gasteiger partial charge in [0.15, 0.2) is 0 Å². The average molecular weight is 421 g/mol. The molecule has 0 heterocycles. The van der Waals surface area contributed by atoms with E-state index in [2.05, 4.69) is 19.1 Å². The molecule has 0 spiro atoms. The molecule has 0 aromatic heterocycles. The summed E-state index contributed by atoms with van der Waals surface area (Å²) < 4.78 is 0. The highest BCUT2D eigenvalue weighted by atomic mass is 35.5. The number of aryl methyl sites for hydroxylation is 1. The summed E-state index contributed by atoms with van der Waals surface area (Å²) >= 11 is 5.92. The molecule has 1 unspecified atom stereocenters. The van der Waals surface area contributed by atoms with Gasteiger partial charge in [-0.15, -0.1) is 0 Å². The number of rotatable bonds is 19. The first-order valence-corrected chi connectivity index (χ1v) is 12.8. The van der Waals surface area contributed by atoms with E-state index in [9.17, 15) is 4.79 Å². The molecule has 0 bridgehead atoms. The van der Waals surface area contributed by atoms with Gasteiger partial charge in [0.25, 0.3) is 0 Å². The molecule has 1 atom stereocenters. The summed E-state index contributed by atoms with van der Waals surface area (Å²) in [7, 11) is 0. The summed E-state index contributed by atoms with van der Waals surface area (Å²) in [6.45, 7) is 4.01. The lowest BCUT2D eigenvalue weighted by Gasteiger charge is -2.13. The van der Waals surface area contributed by atoms with Crippen LogP contribution in [0.2, 0.25) is 5.02 Å². The molecule has 0 N–H and O–H groups in total. The van der Waals surface area contributed by atoms with Crippen molar-refractivity contribution in [1.29, 1.82) is 0 Å².